The smallest absolute Gasteiger partial charge is 0.293 e. The fraction of sp³-hybridized carbons (Fsp3) is 0.188. The number of ketones is 1. The van der Waals surface area contributed by atoms with Gasteiger partial charge in [-0.15, -0.1) is 0 Å². The molecular formula is C16H16BrN2O2+. The molecule has 0 aliphatic carbocycles. The number of halogens is 1. The van der Waals surface area contributed by atoms with E-state index in [4.69, 9.17) is 0 Å². The molecule has 1 aromatic heterocycles. The largest absolute Gasteiger partial charge is 0.320 e. The normalized spacial score (nSPS) is 11.8. The number of nitrogens with zero attached hydrogens (tertiary/aromatic N) is 1. The van der Waals surface area contributed by atoms with E-state index in [2.05, 4.69) is 21.2 Å². The van der Waals surface area contributed by atoms with Crippen molar-refractivity contribution in [1.82, 2.24) is 0 Å². The quantitative estimate of drug-likeness (QED) is 0.682. The van der Waals surface area contributed by atoms with Gasteiger partial charge in [-0.05, 0) is 37.3 Å². The van der Waals surface area contributed by atoms with Crippen molar-refractivity contribution < 1.29 is 14.2 Å². The summed E-state index contributed by atoms with van der Waals surface area (Å²) in [5.74, 6) is -0.159. The van der Waals surface area contributed by atoms with Crippen LogP contribution in [0.3, 0.4) is 0 Å². The fourth-order valence-corrected chi connectivity index (χ4v) is 2.12. The van der Waals surface area contributed by atoms with Crippen LogP contribution in [0.5, 0.6) is 0 Å². The molecule has 0 saturated carbocycles. The SMILES string of the molecule is CC(=O)c1ccc[n+]([C@@H](C)C(=O)Nc2ccc(Br)cc2)c1. The summed E-state index contributed by atoms with van der Waals surface area (Å²) in [6, 6.07) is 10.5. The highest BCUT2D eigenvalue weighted by Crippen LogP contribution is 2.15. The summed E-state index contributed by atoms with van der Waals surface area (Å²) < 4.78 is 2.68. The average molecular weight is 348 g/mol. The van der Waals surface area contributed by atoms with Crippen LogP contribution in [0.4, 0.5) is 5.69 Å². The van der Waals surface area contributed by atoms with Crippen molar-refractivity contribution in [3.05, 3.63) is 58.8 Å². The molecule has 1 aromatic carbocycles. The van der Waals surface area contributed by atoms with E-state index < -0.39 is 6.04 Å². The highest BCUT2D eigenvalue weighted by molar-refractivity contribution is 9.10. The van der Waals surface area contributed by atoms with Gasteiger partial charge in [0, 0.05) is 23.2 Å². The van der Waals surface area contributed by atoms with Crippen molar-refractivity contribution in [2.45, 2.75) is 19.9 Å². The maximum atomic E-state index is 12.3. The molecule has 0 aliphatic heterocycles. The molecule has 4 nitrogen and oxygen atoms in total. The fourth-order valence-electron chi connectivity index (χ4n) is 1.86. The molecule has 0 spiro atoms. The van der Waals surface area contributed by atoms with Crippen LogP contribution in [0, 0.1) is 0 Å². The number of carbonyl (C=O) groups excluding carboxylic acids is 2. The van der Waals surface area contributed by atoms with Gasteiger partial charge in [0.25, 0.3) is 5.91 Å². The first-order chi connectivity index (χ1) is 9.97. The number of hydrogen-bond acceptors (Lipinski definition) is 2. The molecule has 0 unspecified atom stereocenters. The second-order valence-corrected chi connectivity index (χ2v) is 5.68. The minimum Gasteiger partial charge on any atom is -0.320 e. The minimum absolute atomic E-state index is 0.0233. The Bertz CT molecular complexity index is 668. The molecule has 1 N–H and O–H groups in total. The van der Waals surface area contributed by atoms with Gasteiger partial charge in [0.05, 0.1) is 5.56 Å². The van der Waals surface area contributed by atoms with Crippen LogP contribution >= 0.6 is 15.9 Å². The molecule has 1 amide bonds. The van der Waals surface area contributed by atoms with Crippen molar-refractivity contribution in [2.75, 3.05) is 5.32 Å². The van der Waals surface area contributed by atoms with Gasteiger partial charge >= 0.3 is 0 Å². The minimum atomic E-state index is -0.409. The topological polar surface area (TPSA) is 50.0 Å². The first kappa shape index (κ1) is 15.4. The molecule has 0 radical (unpaired) electrons. The summed E-state index contributed by atoms with van der Waals surface area (Å²) in [6.07, 6.45) is 3.46. The highest BCUT2D eigenvalue weighted by atomic mass is 79.9. The molecule has 2 aromatic rings. The number of anilines is 1. The van der Waals surface area contributed by atoms with E-state index in [0.29, 0.717) is 5.56 Å². The van der Waals surface area contributed by atoms with Gasteiger partial charge in [-0.1, -0.05) is 15.9 Å². The first-order valence-electron chi connectivity index (χ1n) is 6.55. The summed E-state index contributed by atoms with van der Waals surface area (Å²) >= 11 is 3.35. The predicted molar refractivity (Wildman–Crippen MR) is 84.1 cm³/mol. The van der Waals surface area contributed by atoms with E-state index in [1.165, 1.54) is 6.92 Å². The zero-order valence-corrected chi connectivity index (χ0v) is 13.4. The van der Waals surface area contributed by atoms with Gasteiger partial charge in [-0.3, -0.25) is 9.59 Å². The van der Waals surface area contributed by atoms with Gasteiger partial charge in [-0.2, -0.15) is 4.57 Å². The number of carbonyl (C=O) groups is 2. The van der Waals surface area contributed by atoms with Crippen molar-refractivity contribution in [3.8, 4) is 0 Å². The van der Waals surface area contributed by atoms with Crippen LogP contribution in [0.25, 0.3) is 0 Å². The zero-order valence-electron chi connectivity index (χ0n) is 11.8. The number of pyridine rings is 1. The third-order valence-electron chi connectivity index (χ3n) is 3.17. The van der Waals surface area contributed by atoms with Crippen molar-refractivity contribution in [3.63, 3.8) is 0 Å². The third kappa shape index (κ3) is 3.98. The number of hydrogen-bond donors (Lipinski definition) is 1. The van der Waals surface area contributed by atoms with E-state index in [1.807, 2.05) is 24.3 Å². The molecule has 1 heterocycles. The Kier molecular flexibility index (Phi) is 4.85. The van der Waals surface area contributed by atoms with Crippen molar-refractivity contribution >= 4 is 33.3 Å². The molecule has 108 valence electrons. The number of rotatable bonds is 4. The van der Waals surface area contributed by atoms with Crippen LogP contribution in [0.2, 0.25) is 0 Å². The Hall–Kier alpha value is -2.01. The summed E-state index contributed by atoms with van der Waals surface area (Å²) in [6.45, 7) is 3.30. The van der Waals surface area contributed by atoms with Crippen molar-refractivity contribution in [1.29, 1.82) is 0 Å². The Morgan fingerprint density at radius 3 is 2.48 bits per heavy atom. The zero-order chi connectivity index (χ0) is 15.4. The van der Waals surface area contributed by atoms with Gasteiger partial charge < -0.3 is 5.32 Å². The second-order valence-electron chi connectivity index (χ2n) is 4.77. The maximum absolute atomic E-state index is 12.3. The van der Waals surface area contributed by atoms with E-state index in [9.17, 15) is 9.59 Å². The van der Waals surface area contributed by atoms with E-state index >= 15 is 0 Å². The average Bonchev–Trinajstić information content (AvgIpc) is 2.49. The Morgan fingerprint density at radius 2 is 1.86 bits per heavy atom. The lowest BCUT2D eigenvalue weighted by Gasteiger charge is -2.09. The maximum Gasteiger partial charge on any atom is 0.293 e. The predicted octanol–water partition coefficient (Wildman–Crippen LogP) is 3.14. The van der Waals surface area contributed by atoms with E-state index in [1.54, 1.807) is 36.0 Å². The molecule has 21 heavy (non-hydrogen) atoms. The first-order valence-corrected chi connectivity index (χ1v) is 7.35. The van der Waals surface area contributed by atoms with E-state index in [-0.39, 0.29) is 11.7 Å². The van der Waals surface area contributed by atoms with Crippen LogP contribution < -0.4 is 9.88 Å². The molecule has 0 saturated heterocycles. The monoisotopic (exact) mass is 347 g/mol. The molecule has 0 bridgehead atoms. The van der Waals surface area contributed by atoms with Crippen LogP contribution in [-0.4, -0.2) is 11.7 Å². The summed E-state index contributed by atoms with van der Waals surface area (Å²) in [7, 11) is 0. The lowest BCUT2D eigenvalue weighted by Crippen LogP contribution is -2.44. The van der Waals surface area contributed by atoms with Crippen LogP contribution in [0.1, 0.15) is 30.2 Å². The number of Topliss-reactive ketones (excluding diaryl/α,β-unsaturated/α-hetero) is 1. The summed E-state index contributed by atoms with van der Waals surface area (Å²) in [5, 5.41) is 2.85. The van der Waals surface area contributed by atoms with Crippen molar-refractivity contribution in [2.24, 2.45) is 0 Å². The molecule has 0 fully saturated rings. The summed E-state index contributed by atoms with van der Waals surface area (Å²) in [5.41, 5.74) is 1.32. The van der Waals surface area contributed by atoms with Crippen LogP contribution in [0.15, 0.2) is 53.3 Å². The number of nitrogens with one attached hydrogen (secondary N) is 1. The molecule has 0 aliphatic rings. The standard InChI is InChI=1S/C16H15BrN2O2/c1-11(19-9-3-4-13(10-19)12(2)20)16(21)18-15-7-5-14(17)6-8-15/h3-11H,1-2H3/p+1/t11-/m0/s1. The number of aromatic nitrogens is 1. The lowest BCUT2D eigenvalue weighted by molar-refractivity contribution is -0.705. The number of amides is 1. The number of benzene rings is 1. The second kappa shape index (κ2) is 6.63. The van der Waals surface area contributed by atoms with Gasteiger partial charge in [0.15, 0.2) is 18.2 Å². The molecule has 5 heteroatoms. The highest BCUT2D eigenvalue weighted by Gasteiger charge is 2.22. The molecular weight excluding hydrogens is 332 g/mol. The summed E-state index contributed by atoms with van der Waals surface area (Å²) in [4.78, 5) is 23.6. The van der Waals surface area contributed by atoms with Gasteiger partial charge in [0.1, 0.15) is 0 Å². The molecule has 1 atom stereocenters. The Morgan fingerprint density at radius 1 is 1.19 bits per heavy atom. The van der Waals surface area contributed by atoms with Gasteiger partial charge in [-0.25, -0.2) is 0 Å². The Balaban J connectivity index is 2.13. The third-order valence-corrected chi connectivity index (χ3v) is 3.70. The van der Waals surface area contributed by atoms with E-state index in [0.717, 1.165) is 10.2 Å². The lowest BCUT2D eigenvalue weighted by atomic mass is 10.2. The van der Waals surface area contributed by atoms with Crippen LogP contribution in [-0.2, 0) is 4.79 Å². The van der Waals surface area contributed by atoms with Gasteiger partial charge in [0.2, 0.25) is 6.04 Å². The Labute approximate surface area is 131 Å². The molecule has 2 rings (SSSR count).